The SMILES string of the molecule is [C-]#N.[C-]#N.[C-]#N.[C-]#N.[C-]#N.[C-]#N.[C-]#N.[C-]#N.[C-]#N.[C-]#N.[C-]#N.[C-]#N.[Ca+2].[Ca+2].[Fe+4].[Fe+4]. The molecule has 0 saturated heterocycles. The maximum absolute atomic E-state index is 6.25. The summed E-state index contributed by atoms with van der Waals surface area (Å²) in [6, 6.07) is 0. The van der Waals surface area contributed by atoms with E-state index in [1.54, 1.807) is 0 Å². The van der Waals surface area contributed by atoms with Crippen molar-refractivity contribution in [3.63, 3.8) is 0 Å². The molecule has 0 unspecified atom stereocenters. The molecule has 16 heteroatoms. The maximum atomic E-state index is 6.25. The van der Waals surface area contributed by atoms with Gasteiger partial charge in [0.1, 0.15) is 0 Å². The first-order chi connectivity index (χ1) is 12.0. The summed E-state index contributed by atoms with van der Waals surface area (Å²) in [7, 11) is 0. The van der Waals surface area contributed by atoms with Crippen molar-refractivity contribution in [3.05, 3.63) is 78.9 Å². The zero-order chi connectivity index (χ0) is 24.0. The van der Waals surface area contributed by atoms with Crippen LogP contribution in [0.2, 0.25) is 0 Å². The summed E-state index contributed by atoms with van der Waals surface area (Å²) in [6.45, 7) is 57.0. The van der Waals surface area contributed by atoms with Gasteiger partial charge in [0.05, 0.1) is 0 Å². The van der Waals surface area contributed by atoms with E-state index < -0.39 is 0 Å². The van der Waals surface area contributed by atoms with Gasteiger partial charge in [-0.25, -0.2) is 0 Å². The molecule has 28 heavy (non-hydrogen) atoms. The summed E-state index contributed by atoms with van der Waals surface area (Å²) >= 11 is 0. The summed E-state index contributed by atoms with van der Waals surface area (Å²) in [5.41, 5.74) is 0. The Kier molecular flexibility index (Phi) is 12500. The topological polar surface area (TPSA) is 285 Å². The standard InChI is InChI=1S/12CN.2Ca.2Fe/c12*1-2;;;;/q12*-1;2*+2;2*+4. The van der Waals surface area contributed by atoms with Gasteiger partial charge in [-0.15, -0.1) is 0 Å². The molecule has 0 aliphatic carbocycles. The first kappa shape index (κ1) is 171. The minimum absolute atomic E-state index is 0. The Morgan fingerprint density at radius 1 is 0.179 bits per heavy atom. The number of nitrogens with zero attached hydrogens (tertiary/aromatic N) is 12. The largest absolute Gasteiger partial charge is 4.00 e. The van der Waals surface area contributed by atoms with Gasteiger partial charge in [0.25, 0.3) is 0 Å². The monoisotopic (exact) mass is 504 g/mol. The summed E-state index contributed by atoms with van der Waals surface area (Å²) in [5, 5.41) is 75.0. The van der Waals surface area contributed by atoms with Gasteiger partial charge in [-0.3, -0.25) is 0 Å². The van der Waals surface area contributed by atoms with E-state index in [1.165, 1.54) is 0 Å². The van der Waals surface area contributed by atoms with Crippen molar-refractivity contribution in [1.29, 1.82) is 63.1 Å². The smallest absolute Gasteiger partial charge is 0.512 e. The minimum Gasteiger partial charge on any atom is -0.512 e. The first-order valence-electron chi connectivity index (χ1n) is 2.68. The van der Waals surface area contributed by atoms with E-state index in [4.69, 9.17) is 142 Å². The zero-order valence-corrected chi connectivity index (χ0v) is 20.1. The van der Waals surface area contributed by atoms with Crippen LogP contribution >= 0.6 is 0 Å². The van der Waals surface area contributed by atoms with Crippen molar-refractivity contribution in [3.8, 4) is 0 Å². The molecule has 0 spiro atoms. The third-order valence-electron chi connectivity index (χ3n) is 0. The van der Waals surface area contributed by atoms with Crippen LogP contribution in [0, 0.1) is 142 Å². The molecular weight excluding hydrogens is 504 g/mol. The number of rotatable bonds is 0. The van der Waals surface area contributed by atoms with Gasteiger partial charge < -0.3 is 142 Å². The van der Waals surface area contributed by atoms with E-state index in [0.717, 1.165) is 0 Å². The summed E-state index contributed by atoms with van der Waals surface area (Å²) in [6.07, 6.45) is 0. The maximum Gasteiger partial charge on any atom is 4.00 e. The molecule has 0 N–H and O–H groups in total. The summed E-state index contributed by atoms with van der Waals surface area (Å²) in [4.78, 5) is 0. The van der Waals surface area contributed by atoms with Crippen LogP contribution in [0.1, 0.15) is 0 Å². The molecule has 0 bridgehead atoms. The Labute approximate surface area is 248 Å². The molecule has 0 saturated carbocycles. The molecule has 12 nitrogen and oxygen atoms in total. The zero-order valence-electron chi connectivity index (χ0n) is 13.5. The Bertz CT molecular complexity index is 231. The molecule has 0 fully saturated rings. The molecule has 0 amide bonds. The van der Waals surface area contributed by atoms with Gasteiger partial charge in [0, 0.05) is 0 Å². The molecule has 0 radical (unpaired) electrons. The molecule has 0 aliphatic rings. The van der Waals surface area contributed by atoms with Crippen LogP contribution in [0.5, 0.6) is 0 Å². The van der Waals surface area contributed by atoms with Crippen LogP contribution in [-0.2, 0) is 34.1 Å². The van der Waals surface area contributed by atoms with Gasteiger partial charge in [-0.1, -0.05) is 0 Å². The van der Waals surface area contributed by atoms with Crippen LogP contribution in [0.25, 0.3) is 0 Å². The van der Waals surface area contributed by atoms with Crippen LogP contribution in [0.15, 0.2) is 0 Å². The van der Waals surface area contributed by atoms with E-state index in [2.05, 4.69) is 0 Å². The Balaban J connectivity index is -0.00000000396. The Hall–Kier alpha value is -2.56. The number of hydrogen-bond donors (Lipinski definition) is 0. The van der Waals surface area contributed by atoms with Crippen molar-refractivity contribution >= 4 is 75.5 Å². The fourth-order valence-corrected chi connectivity index (χ4v) is 0. The van der Waals surface area contributed by atoms with Gasteiger partial charge in [-0.05, 0) is 0 Å². The molecule has 128 valence electrons. The van der Waals surface area contributed by atoms with Gasteiger partial charge in [-0.2, -0.15) is 0 Å². The van der Waals surface area contributed by atoms with E-state index in [-0.39, 0.29) is 110 Å². The van der Waals surface area contributed by atoms with Crippen molar-refractivity contribution in [2.75, 3.05) is 0 Å². The van der Waals surface area contributed by atoms with Crippen LogP contribution in [0.3, 0.4) is 0 Å². The van der Waals surface area contributed by atoms with Crippen molar-refractivity contribution in [2.45, 2.75) is 0 Å². The predicted molar refractivity (Wildman–Crippen MR) is 71.1 cm³/mol. The van der Waals surface area contributed by atoms with Crippen LogP contribution < -0.4 is 0 Å². The third-order valence-corrected chi connectivity index (χ3v) is 0. The normalized spacial score (nSPS) is 0.857. The van der Waals surface area contributed by atoms with E-state index >= 15 is 0 Å². The quantitative estimate of drug-likeness (QED) is 0.320. The predicted octanol–water partition coefficient (Wildman–Crippen LogP) is 0.390. The fraction of sp³-hybridized carbons (Fsp3) is 0. The number of hydrogen-bond acceptors (Lipinski definition) is 12. The van der Waals surface area contributed by atoms with Crippen molar-refractivity contribution in [1.82, 2.24) is 0 Å². The first-order valence-corrected chi connectivity index (χ1v) is 2.68. The van der Waals surface area contributed by atoms with E-state index in [9.17, 15) is 0 Å². The Morgan fingerprint density at radius 2 is 0.179 bits per heavy atom. The average Bonchev–Trinajstić information content (AvgIpc) is 2.84. The molecule has 0 atom stereocenters. The molecule has 0 aromatic heterocycles. The summed E-state index contributed by atoms with van der Waals surface area (Å²) in [5.74, 6) is 0. The van der Waals surface area contributed by atoms with Gasteiger partial charge in [0.2, 0.25) is 0 Å². The molecule has 0 aromatic rings. The second-order valence-corrected chi connectivity index (χ2v) is 0. The third kappa shape index (κ3) is 1800. The summed E-state index contributed by atoms with van der Waals surface area (Å²) < 4.78 is 0. The van der Waals surface area contributed by atoms with E-state index in [1.807, 2.05) is 0 Å². The van der Waals surface area contributed by atoms with Gasteiger partial charge >= 0.3 is 110 Å². The molecule has 0 aliphatic heterocycles. The average molecular weight is 504 g/mol. The van der Waals surface area contributed by atoms with Crippen molar-refractivity contribution in [2.24, 2.45) is 0 Å². The fourth-order valence-electron chi connectivity index (χ4n) is 0. The van der Waals surface area contributed by atoms with E-state index in [0.29, 0.717) is 0 Å². The second kappa shape index (κ2) is 2050. The molecular formula is C12Ca2Fe2N12. The van der Waals surface area contributed by atoms with Gasteiger partial charge in [0.15, 0.2) is 0 Å². The van der Waals surface area contributed by atoms with Crippen molar-refractivity contribution < 1.29 is 34.1 Å². The van der Waals surface area contributed by atoms with Crippen LogP contribution in [0.4, 0.5) is 0 Å². The Morgan fingerprint density at radius 3 is 0.179 bits per heavy atom. The molecule has 0 aromatic carbocycles. The minimum atomic E-state index is 0. The molecule has 0 rings (SSSR count). The second-order valence-electron chi connectivity index (χ2n) is 0. The molecule has 0 heterocycles. The van der Waals surface area contributed by atoms with Crippen LogP contribution in [-0.4, -0.2) is 75.5 Å².